The van der Waals surface area contributed by atoms with Crippen molar-refractivity contribution in [2.45, 2.75) is 25.4 Å². The Bertz CT molecular complexity index is 845. The van der Waals surface area contributed by atoms with E-state index in [1.54, 1.807) is 6.33 Å². The van der Waals surface area contributed by atoms with Gasteiger partial charge in [0.2, 0.25) is 5.95 Å². The first kappa shape index (κ1) is 15.6. The molecule has 3 aromatic rings. The van der Waals surface area contributed by atoms with Crippen LogP contribution in [0.15, 0.2) is 54.9 Å². The van der Waals surface area contributed by atoms with E-state index in [4.69, 9.17) is 4.74 Å². The van der Waals surface area contributed by atoms with E-state index in [-0.39, 0.29) is 17.9 Å². The number of hydrogen-bond acceptors (Lipinski definition) is 4. The van der Waals surface area contributed by atoms with Gasteiger partial charge in [-0.3, -0.25) is 0 Å². The summed E-state index contributed by atoms with van der Waals surface area (Å²) in [4.78, 5) is 4.31. The molecule has 1 N–H and O–H groups in total. The summed E-state index contributed by atoms with van der Waals surface area (Å²) < 4.78 is 20.6. The van der Waals surface area contributed by atoms with E-state index in [1.807, 2.05) is 35.9 Å². The van der Waals surface area contributed by atoms with E-state index in [1.165, 1.54) is 12.1 Å². The Balaban J connectivity index is 1.65. The summed E-state index contributed by atoms with van der Waals surface area (Å²) in [6.07, 6.45) is 2.35. The highest BCUT2D eigenvalue weighted by Crippen LogP contribution is 2.37. The highest BCUT2D eigenvalue weighted by molar-refractivity contribution is 5.39. The van der Waals surface area contributed by atoms with Crippen LogP contribution >= 0.6 is 0 Å². The van der Waals surface area contributed by atoms with Gasteiger partial charge in [0.15, 0.2) is 0 Å². The van der Waals surface area contributed by atoms with Crippen LogP contribution in [0.25, 0.3) is 0 Å². The van der Waals surface area contributed by atoms with Gasteiger partial charge in [0.1, 0.15) is 17.9 Å². The maximum Gasteiger partial charge on any atom is 0.222 e. The van der Waals surface area contributed by atoms with Gasteiger partial charge in [-0.25, -0.2) is 9.07 Å². The van der Waals surface area contributed by atoms with E-state index >= 15 is 0 Å². The zero-order valence-electron chi connectivity index (χ0n) is 13.9. The SMILES string of the molecule is CCOc1ccc(C2CC(c3ccc(F)cc3)Nc3ncnn32)cc1. The maximum absolute atomic E-state index is 13.2. The molecule has 1 aliphatic heterocycles. The Hall–Kier alpha value is -2.89. The van der Waals surface area contributed by atoms with Crippen LogP contribution in [0.4, 0.5) is 10.3 Å². The molecular weight excluding hydrogens is 319 g/mol. The first-order valence-electron chi connectivity index (χ1n) is 8.39. The molecule has 0 amide bonds. The first-order chi connectivity index (χ1) is 12.2. The number of anilines is 1. The Labute approximate surface area is 145 Å². The number of nitrogens with one attached hydrogen (secondary N) is 1. The molecule has 0 saturated heterocycles. The predicted molar refractivity (Wildman–Crippen MR) is 93.2 cm³/mol. The molecule has 0 saturated carbocycles. The van der Waals surface area contributed by atoms with Gasteiger partial charge in [0.25, 0.3) is 0 Å². The van der Waals surface area contributed by atoms with Crippen molar-refractivity contribution in [3.63, 3.8) is 0 Å². The zero-order chi connectivity index (χ0) is 17.2. The molecule has 25 heavy (non-hydrogen) atoms. The quantitative estimate of drug-likeness (QED) is 0.782. The van der Waals surface area contributed by atoms with E-state index in [2.05, 4.69) is 27.5 Å². The van der Waals surface area contributed by atoms with Gasteiger partial charge in [-0.2, -0.15) is 10.1 Å². The fourth-order valence-corrected chi connectivity index (χ4v) is 3.26. The summed E-state index contributed by atoms with van der Waals surface area (Å²) in [5.41, 5.74) is 2.18. The monoisotopic (exact) mass is 338 g/mol. The number of aromatic nitrogens is 3. The molecule has 4 rings (SSSR count). The molecule has 0 fully saturated rings. The minimum atomic E-state index is -0.231. The third-order valence-corrected chi connectivity index (χ3v) is 4.48. The van der Waals surface area contributed by atoms with Crippen LogP contribution < -0.4 is 10.1 Å². The number of fused-ring (bicyclic) bond motifs is 1. The summed E-state index contributed by atoms with van der Waals surface area (Å²) in [5, 5.41) is 7.75. The lowest BCUT2D eigenvalue weighted by Gasteiger charge is -2.31. The maximum atomic E-state index is 13.2. The molecule has 0 aliphatic carbocycles. The van der Waals surface area contributed by atoms with Gasteiger partial charge in [-0.05, 0) is 48.7 Å². The largest absolute Gasteiger partial charge is 0.494 e. The fourth-order valence-electron chi connectivity index (χ4n) is 3.26. The summed E-state index contributed by atoms with van der Waals surface area (Å²) in [6.45, 7) is 2.61. The lowest BCUT2D eigenvalue weighted by molar-refractivity contribution is 0.340. The normalized spacial score (nSPS) is 19.1. The molecule has 2 heterocycles. The van der Waals surface area contributed by atoms with E-state index in [9.17, 15) is 4.39 Å². The minimum absolute atomic E-state index is 0.0499. The molecule has 1 aromatic heterocycles. The van der Waals surface area contributed by atoms with E-state index in [0.717, 1.165) is 29.2 Å². The Morgan fingerprint density at radius 1 is 1.12 bits per heavy atom. The Morgan fingerprint density at radius 3 is 2.56 bits per heavy atom. The zero-order valence-corrected chi connectivity index (χ0v) is 13.9. The number of ether oxygens (including phenoxy) is 1. The summed E-state index contributed by atoms with van der Waals surface area (Å²) in [5.74, 6) is 1.35. The number of benzene rings is 2. The molecule has 128 valence electrons. The van der Waals surface area contributed by atoms with Gasteiger partial charge in [-0.1, -0.05) is 24.3 Å². The Morgan fingerprint density at radius 2 is 1.84 bits per heavy atom. The van der Waals surface area contributed by atoms with Crippen LogP contribution in [0.3, 0.4) is 0 Å². The second-order valence-electron chi connectivity index (χ2n) is 6.03. The van der Waals surface area contributed by atoms with Gasteiger partial charge < -0.3 is 10.1 Å². The van der Waals surface area contributed by atoms with Crippen molar-refractivity contribution < 1.29 is 9.13 Å². The second-order valence-corrected chi connectivity index (χ2v) is 6.03. The number of halogens is 1. The topological polar surface area (TPSA) is 52.0 Å². The lowest BCUT2D eigenvalue weighted by atomic mass is 9.93. The number of hydrogen-bond donors (Lipinski definition) is 1. The molecule has 6 heteroatoms. The average Bonchev–Trinajstić information content (AvgIpc) is 3.11. The van der Waals surface area contributed by atoms with Gasteiger partial charge in [0.05, 0.1) is 18.7 Å². The molecule has 0 radical (unpaired) electrons. The van der Waals surface area contributed by atoms with Crippen molar-refractivity contribution in [1.82, 2.24) is 14.8 Å². The second kappa shape index (κ2) is 6.55. The van der Waals surface area contributed by atoms with Gasteiger partial charge >= 0.3 is 0 Å². The average molecular weight is 338 g/mol. The van der Waals surface area contributed by atoms with Crippen molar-refractivity contribution >= 4 is 5.95 Å². The first-order valence-corrected chi connectivity index (χ1v) is 8.39. The van der Waals surface area contributed by atoms with Crippen LogP contribution in [0.5, 0.6) is 5.75 Å². The molecule has 2 aromatic carbocycles. The number of nitrogens with zero attached hydrogens (tertiary/aromatic N) is 3. The van der Waals surface area contributed by atoms with Crippen LogP contribution in [0.2, 0.25) is 0 Å². The van der Waals surface area contributed by atoms with E-state index in [0.29, 0.717) is 6.61 Å². The highest BCUT2D eigenvalue weighted by atomic mass is 19.1. The summed E-state index contributed by atoms with van der Waals surface area (Å²) in [6, 6.07) is 14.8. The molecule has 0 spiro atoms. The standard InChI is InChI=1S/C19H19FN4O/c1-2-25-16-9-5-14(6-10-16)18-11-17(13-3-7-15(20)8-4-13)23-19-21-12-22-24(18)19/h3-10,12,17-18H,2,11H2,1H3,(H,21,22,23). The molecule has 1 aliphatic rings. The van der Waals surface area contributed by atoms with Crippen molar-refractivity contribution in [3.8, 4) is 5.75 Å². The predicted octanol–water partition coefficient (Wildman–Crippen LogP) is 3.96. The molecule has 0 bridgehead atoms. The minimum Gasteiger partial charge on any atom is -0.494 e. The van der Waals surface area contributed by atoms with Crippen molar-refractivity contribution in [2.24, 2.45) is 0 Å². The third-order valence-electron chi connectivity index (χ3n) is 4.48. The lowest BCUT2D eigenvalue weighted by Crippen LogP contribution is -2.28. The smallest absolute Gasteiger partial charge is 0.222 e. The highest BCUT2D eigenvalue weighted by Gasteiger charge is 2.29. The fraction of sp³-hybridized carbons (Fsp3) is 0.263. The van der Waals surface area contributed by atoms with Crippen molar-refractivity contribution in [1.29, 1.82) is 0 Å². The van der Waals surface area contributed by atoms with Crippen LogP contribution in [0, 0.1) is 5.82 Å². The molecule has 5 nitrogen and oxygen atoms in total. The van der Waals surface area contributed by atoms with E-state index < -0.39 is 0 Å². The van der Waals surface area contributed by atoms with Gasteiger partial charge in [-0.15, -0.1) is 0 Å². The van der Waals surface area contributed by atoms with Gasteiger partial charge in [0, 0.05) is 0 Å². The third kappa shape index (κ3) is 3.07. The Kier molecular flexibility index (Phi) is 4.09. The van der Waals surface area contributed by atoms with Crippen LogP contribution in [0.1, 0.15) is 36.6 Å². The van der Waals surface area contributed by atoms with Crippen molar-refractivity contribution in [3.05, 3.63) is 71.8 Å². The number of rotatable bonds is 4. The summed E-state index contributed by atoms with van der Waals surface area (Å²) >= 11 is 0. The van der Waals surface area contributed by atoms with Crippen LogP contribution in [-0.4, -0.2) is 21.4 Å². The van der Waals surface area contributed by atoms with Crippen molar-refractivity contribution in [2.75, 3.05) is 11.9 Å². The molecule has 2 unspecified atom stereocenters. The molecular formula is C19H19FN4O. The molecule has 2 atom stereocenters. The van der Waals surface area contributed by atoms with Crippen LogP contribution in [-0.2, 0) is 0 Å². The summed E-state index contributed by atoms with van der Waals surface area (Å²) in [7, 11) is 0.